The number of likely N-dealkylation sites (N-methyl/N-ethyl adjacent to an activating group) is 1. The molecule has 0 radical (unpaired) electrons. The van der Waals surface area contributed by atoms with Crippen LogP contribution in [0.1, 0.15) is 67.8 Å². The van der Waals surface area contributed by atoms with Crippen LogP contribution in [-0.4, -0.2) is 114 Å². The van der Waals surface area contributed by atoms with Crippen molar-refractivity contribution in [3.63, 3.8) is 0 Å². The Labute approximate surface area is 271 Å². The zero-order valence-electron chi connectivity index (χ0n) is 27.2. The molecule has 46 heavy (non-hydrogen) atoms. The molecule has 1 aromatic carbocycles. The Bertz CT molecular complexity index is 1440. The Balaban J connectivity index is 1.01. The zero-order chi connectivity index (χ0) is 31.8. The molecule has 2 amide bonds. The van der Waals surface area contributed by atoms with E-state index in [0.29, 0.717) is 48.9 Å². The van der Waals surface area contributed by atoms with Gasteiger partial charge >= 0.3 is 0 Å². The molecule has 2 atom stereocenters. The van der Waals surface area contributed by atoms with E-state index in [-0.39, 0.29) is 30.4 Å². The van der Waals surface area contributed by atoms with E-state index in [1.54, 1.807) is 24.2 Å². The first-order chi connectivity index (χ1) is 22.4. The number of fused-ring (bicyclic) bond motifs is 2. The average molecular weight is 633 g/mol. The largest absolute Gasteiger partial charge is 0.491 e. The molecule has 12 heteroatoms. The third kappa shape index (κ3) is 6.39. The van der Waals surface area contributed by atoms with Crippen LogP contribution in [0.25, 0.3) is 0 Å². The molecule has 2 aromatic rings. The van der Waals surface area contributed by atoms with Crippen molar-refractivity contribution in [2.24, 2.45) is 5.92 Å². The maximum Gasteiger partial charge on any atom is 0.251 e. The third-order valence-electron chi connectivity index (χ3n) is 10.4. The van der Waals surface area contributed by atoms with Crippen LogP contribution in [0.5, 0.6) is 5.75 Å². The lowest BCUT2D eigenvalue weighted by Crippen LogP contribution is -2.55. The second-order valence-corrected chi connectivity index (χ2v) is 13.7. The summed E-state index contributed by atoms with van der Waals surface area (Å²) >= 11 is 0. The Hall–Kier alpha value is -3.48. The lowest BCUT2D eigenvalue weighted by Gasteiger charge is -2.43. The highest BCUT2D eigenvalue weighted by atomic mass is 16.5. The topological polar surface area (TPSA) is 126 Å². The van der Waals surface area contributed by atoms with Crippen LogP contribution in [-0.2, 0) is 11.2 Å². The number of aliphatic hydroxyl groups excluding tert-OH is 1. The van der Waals surface area contributed by atoms with E-state index in [9.17, 15) is 14.7 Å². The summed E-state index contributed by atoms with van der Waals surface area (Å²) in [5, 5.41) is 17.0. The molecule has 4 heterocycles. The van der Waals surface area contributed by atoms with Crippen LogP contribution in [0, 0.1) is 5.92 Å². The van der Waals surface area contributed by atoms with Gasteiger partial charge in [0.1, 0.15) is 17.5 Å². The Kier molecular flexibility index (Phi) is 9.02. The summed E-state index contributed by atoms with van der Waals surface area (Å²) in [6.07, 6.45) is 9.60. The number of aromatic nitrogens is 2. The minimum Gasteiger partial charge on any atom is -0.491 e. The van der Waals surface area contributed by atoms with Crippen molar-refractivity contribution in [1.82, 2.24) is 25.1 Å². The van der Waals surface area contributed by atoms with Crippen LogP contribution in [0.2, 0.25) is 0 Å². The minimum atomic E-state index is -0.629. The zero-order valence-corrected chi connectivity index (χ0v) is 27.2. The predicted molar refractivity (Wildman–Crippen MR) is 177 cm³/mol. The number of hydrogen-bond acceptors (Lipinski definition) is 10. The molecule has 12 nitrogen and oxygen atoms in total. The second kappa shape index (κ2) is 13.3. The molecule has 248 valence electrons. The number of anilines is 4. The number of ether oxygens (including phenoxy) is 1. The van der Waals surface area contributed by atoms with Gasteiger partial charge in [0.25, 0.3) is 5.91 Å². The third-order valence-corrected chi connectivity index (χ3v) is 10.4. The highest BCUT2D eigenvalue weighted by molar-refractivity contribution is 6.04. The van der Waals surface area contributed by atoms with Gasteiger partial charge in [-0.05, 0) is 50.2 Å². The standard InChI is InChI=1S/C34H48N8O4/c1-3-28-33(45)39(2)29-19-36-34(38-31(29)42(28)23-6-4-5-7-23)37-27-11-10-26(25-12-17-46-30(25)27)32(44)35-18-24(43)21-41-15-13-40(14-16-41)20-22-8-9-22/h10-11,19,22-24,28,43H,3-9,12-18,20-21H2,1-2H3,(H,35,44)(H,36,37,38). The smallest absolute Gasteiger partial charge is 0.251 e. The van der Waals surface area contributed by atoms with Gasteiger partial charge in [-0.15, -0.1) is 0 Å². The van der Waals surface area contributed by atoms with Gasteiger partial charge < -0.3 is 35.2 Å². The van der Waals surface area contributed by atoms with Crippen LogP contribution < -0.4 is 25.2 Å². The summed E-state index contributed by atoms with van der Waals surface area (Å²) in [4.78, 5) is 44.8. The summed E-state index contributed by atoms with van der Waals surface area (Å²) in [6.45, 7) is 8.52. The fourth-order valence-corrected chi connectivity index (χ4v) is 7.66. The van der Waals surface area contributed by atoms with E-state index in [1.807, 2.05) is 6.07 Å². The maximum atomic E-state index is 13.3. The van der Waals surface area contributed by atoms with Crippen molar-refractivity contribution in [1.29, 1.82) is 0 Å². The molecule has 3 N–H and O–H groups in total. The molecule has 0 spiro atoms. The number of amides is 2. The number of β-amino-alcohol motifs (C(OH)–C–C–N with tert-alkyl or cyclic N) is 1. The van der Waals surface area contributed by atoms with Gasteiger partial charge in [0, 0.05) is 76.5 Å². The van der Waals surface area contributed by atoms with Gasteiger partial charge in [0.2, 0.25) is 11.9 Å². The van der Waals surface area contributed by atoms with E-state index in [0.717, 1.165) is 74.8 Å². The average Bonchev–Trinajstić information content (AvgIpc) is 3.47. The quantitative estimate of drug-likeness (QED) is 0.341. The SMILES string of the molecule is CCC1C(=O)N(C)c2cnc(Nc3ccc(C(=O)NCC(O)CN4CCN(CC5CC5)CC4)c4c3OCC4)nc2N1C1CCCC1. The summed E-state index contributed by atoms with van der Waals surface area (Å²) in [7, 11) is 1.80. The monoisotopic (exact) mass is 632 g/mol. The van der Waals surface area contributed by atoms with E-state index < -0.39 is 6.10 Å². The maximum absolute atomic E-state index is 13.3. The van der Waals surface area contributed by atoms with Crippen molar-refractivity contribution in [3.05, 3.63) is 29.5 Å². The van der Waals surface area contributed by atoms with Gasteiger partial charge in [-0.1, -0.05) is 19.8 Å². The van der Waals surface area contributed by atoms with Crippen molar-refractivity contribution in [2.75, 3.05) is 74.6 Å². The molecule has 1 aromatic heterocycles. The second-order valence-electron chi connectivity index (χ2n) is 13.7. The molecule has 1 saturated heterocycles. The van der Waals surface area contributed by atoms with Gasteiger partial charge in [-0.2, -0.15) is 4.98 Å². The van der Waals surface area contributed by atoms with Crippen molar-refractivity contribution >= 4 is 35.0 Å². The highest BCUT2D eigenvalue weighted by Gasteiger charge is 2.41. The molecule has 3 aliphatic heterocycles. The fraction of sp³-hybridized carbons (Fsp3) is 0.647. The first-order valence-electron chi connectivity index (χ1n) is 17.3. The number of carbonyl (C=O) groups is 2. The highest BCUT2D eigenvalue weighted by Crippen LogP contribution is 2.41. The summed E-state index contributed by atoms with van der Waals surface area (Å²) < 4.78 is 6.01. The molecular weight excluding hydrogens is 584 g/mol. The lowest BCUT2D eigenvalue weighted by molar-refractivity contribution is -0.120. The van der Waals surface area contributed by atoms with Gasteiger partial charge in [-0.3, -0.25) is 14.5 Å². The first kappa shape index (κ1) is 31.1. The molecule has 2 aliphatic carbocycles. The molecular formula is C34H48N8O4. The Morgan fingerprint density at radius 2 is 1.87 bits per heavy atom. The van der Waals surface area contributed by atoms with Crippen molar-refractivity contribution < 1.29 is 19.4 Å². The van der Waals surface area contributed by atoms with Crippen LogP contribution in [0.3, 0.4) is 0 Å². The number of piperazine rings is 1. The Morgan fingerprint density at radius 3 is 2.61 bits per heavy atom. The van der Waals surface area contributed by atoms with E-state index in [2.05, 4.69) is 37.2 Å². The van der Waals surface area contributed by atoms with Gasteiger partial charge in [-0.25, -0.2) is 4.98 Å². The van der Waals surface area contributed by atoms with E-state index >= 15 is 0 Å². The predicted octanol–water partition coefficient (Wildman–Crippen LogP) is 2.78. The number of rotatable bonds is 11. The molecule has 3 fully saturated rings. The number of hydrogen-bond donors (Lipinski definition) is 3. The van der Waals surface area contributed by atoms with Gasteiger partial charge in [0.05, 0.1) is 24.6 Å². The van der Waals surface area contributed by atoms with Crippen LogP contribution >= 0.6 is 0 Å². The lowest BCUT2D eigenvalue weighted by atomic mass is 10.0. The van der Waals surface area contributed by atoms with Crippen LogP contribution in [0.15, 0.2) is 18.3 Å². The number of aliphatic hydroxyl groups is 1. The number of carbonyl (C=O) groups excluding carboxylic acids is 2. The summed E-state index contributed by atoms with van der Waals surface area (Å²) in [6, 6.07) is 3.68. The Morgan fingerprint density at radius 1 is 1.11 bits per heavy atom. The van der Waals surface area contributed by atoms with Crippen molar-refractivity contribution in [2.45, 2.75) is 76.5 Å². The molecule has 5 aliphatic rings. The summed E-state index contributed by atoms with van der Waals surface area (Å²) in [5.74, 6) is 2.61. The molecule has 2 unspecified atom stereocenters. The van der Waals surface area contributed by atoms with Gasteiger partial charge in [0.15, 0.2) is 5.82 Å². The number of nitrogens with one attached hydrogen (secondary N) is 2. The van der Waals surface area contributed by atoms with E-state index in [1.165, 1.54) is 19.4 Å². The minimum absolute atomic E-state index is 0.0841. The van der Waals surface area contributed by atoms with Crippen LogP contribution in [0.4, 0.5) is 23.1 Å². The number of nitrogens with zero attached hydrogens (tertiary/aromatic N) is 6. The number of benzene rings is 1. The molecule has 2 saturated carbocycles. The van der Waals surface area contributed by atoms with E-state index in [4.69, 9.17) is 9.72 Å². The van der Waals surface area contributed by atoms with Crippen molar-refractivity contribution in [3.8, 4) is 5.75 Å². The molecule has 7 rings (SSSR count). The molecule has 0 bridgehead atoms. The normalized spacial score (nSPS) is 22.8. The first-order valence-corrected chi connectivity index (χ1v) is 17.3. The fourth-order valence-electron chi connectivity index (χ4n) is 7.66. The summed E-state index contributed by atoms with van der Waals surface area (Å²) in [5.41, 5.74) is 2.82.